The number of rotatable bonds is 2. The lowest BCUT2D eigenvalue weighted by atomic mass is 9.91. The lowest BCUT2D eigenvalue weighted by molar-refractivity contribution is 0.500. The molecule has 1 aromatic carbocycles. The molecule has 132 valence electrons. The lowest BCUT2D eigenvalue weighted by Gasteiger charge is -2.34. The molecule has 0 bridgehead atoms. The number of allylic oxidation sites excluding steroid dienone is 3. The van der Waals surface area contributed by atoms with E-state index in [1.165, 1.54) is 35.4 Å². The molecule has 1 atom stereocenters. The Morgan fingerprint density at radius 1 is 1.27 bits per heavy atom. The van der Waals surface area contributed by atoms with Gasteiger partial charge in [-0.1, -0.05) is 0 Å². The van der Waals surface area contributed by atoms with Crippen LogP contribution in [0.4, 0.5) is 10.1 Å². The molecule has 0 aliphatic carbocycles. The summed E-state index contributed by atoms with van der Waals surface area (Å²) in [7, 11) is -3.57. The average Bonchev–Trinajstić information content (AvgIpc) is 3.24. The molecule has 3 heterocycles. The molecule has 6 nitrogen and oxygen atoms in total. The van der Waals surface area contributed by atoms with Gasteiger partial charge in [0.05, 0.1) is 34.5 Å². The summed E-state index contributed by atoms with van der Waals surface area (Å²) in [5.41, 5.74) is 7.35. The third-order valence-electron chi connectivity index (χ3n) is 4.60. The number of nitrogens with zero attached hydrogens (tertiary/aromatic N) is 2. The van der Waals surface area contributed by atoms with Crippen LogP contribution in [0.25, 0.3) is 0 Å². The van der Waals surface area contributed by atoms with E-state index in [1.54, 1.807) is 12.1 Å². The lowest BCUT2D eigenvalue weighted by Crippen LogP contribution is -2.34. The predicted octanol–water partition coefficient (Wildman–Crippen LogP) is 2.75. The van der Waals surface area contributed by atoms with Crippen molar-refractivity contribution in [3.63, 3.8) is 0 Å². The first-order chi connectivity index (χ1) is 12.4. The Bertz CT molecular complexity index is 1080. The van der Waals surface area contributed by atoms with Crippen molar-refractivity contribution in [2.45, 2.75) is 12.3 Å². The van der Waals surface area contributed by atoms with Crippen LogP contribution in [0.3, 0.4) is 0 Å². The van der Waals surface area contributed by atoms with Gasteiger partial charge in [-0.3, -0.25) is 4.90 Å². The minimum atomic E-state index is -3.57. The van der Waals surface area contributed by atoms with E-state index >= 15 is 0 Å². The molecule has 0 saturated carbocycles. The molecule has 2 aliphatic rings. The van der Waals surface area contributed by atoms with Crippen LogP contribution in [-0.4, -0.2) is 14.2 Å². The fourth-order valence-corrected chi connectivity index (χ4v) is 5.32. The van der Waals surface area contributed by atoms with E-state index in [2.05, 4.69) is 0 Å². The van der Waals surface area contributed by atoms with Crippen molar-refractivity contribution in [1.82, 2.24) is 0 Å². The maximum Gasteiger partial charge on any atom is 0.177 e. The van der Waals surface area contributed by atoms with Gasteiger partial charge < -0.3 is 10.2 Å². The van der Waals surface area contributed by atoms with Crippen LogP contribution < -0.4 is 10.6 Å². The van der Waals surface area contributed by atoms with Gasteiger partial charge in [0.2, 0.25) is 0 Å². The van der Waals surface area contributed by atoms with Gasteiger partial charge in [-0.05, 0) is 36.4 Å². The number of hydrogen-bond acceptors (Lipinski definition) is 6. The molecule has 8 heteroatoms. The fourth-order valence-electron chi connectivity index (χ4n) is 3.49. The molecule has 2 N–H and O–H groups in total. The summed E-state index contributed by atoms with van der Waals surface area (Å²) in [5.74, 6) is -0.888. The second-order valence-corrected chi connectivity index (χ2v) is 8.13. The Labute approximate surface area is 149 Å². The highest BCUT2D eigenvalue weighted by Gasteiger charge is 2.46. The monoisotopic (exact) mass is 371 g/mol. The van der Waals surface area contributed by atoms with Gasteiger partial charge in [0, 0.05) is 17.8 Å². The van der Waals surface area contributed by atoms with E-state index < -0.39 is 21.6 Å². The van der Waals surface area contributed by atoms with Gasteiger partial charge in [0.15, 0.2) is 9.84 Å². The number of sulfone groups is 1. The summed E-state index contributed by atoms with van der Waals surface area (Å²) >= 11 is 0. The standard InChI is InChI=1S/C18H14FN3O3S/c19-11-3-5-12(6-4-11)22-14-7-9-26(23,24)17(14)16(13(10-20)18(22)21)15-2-1-8-25-15/h1-6,8,16H,7,9,21H2/t16-/m0/s1. The Kier molecular flexibility index (Phi) is 3.63. The van der Waals surface area contributed by atoms with Gasteiger partial charge in [-0.15, -0.1) is 0 Å². The summed E-state index contributed by atoms with van der Waals surface area (Å²) in [6, 6.07) is 10.8. The van der Waals surface area contributed by atoms with Gasteiger partial charge in [0.25, 0.3) is 0 Å². The molecular weight excluding hydrogens is 357 g/mol. The van der Waals surface area contributed by atoms with Crippen LogP contribution in [0.5, 0.6) is 0 Å². The highest BCUT2D eigenvalue weighted by molar-refractivity contribution is 7.95. The minimum Gasteiger partial charge on any atom is -0.468 e. The van der Waals surface area contributed by atoms with E-state index in [-0.39, 0.29) is 28.5 Å². The van der Waals surface area contributed by atoms with Crippen molar-refractivity contribution in [3.05, 3.63) is 76.2 Å². The Morgan fingerprint density at radius 2 is 2.00 bits per heavy atom. The molecule has 0 radical (unpaired) electrons. The third-order valence-corrected chi connectivity index (χ3v) is 6.48. The summed E-state index contributed by atoms with van der Waals surface area (Å²) in [4.78, 5) is 1.65. The van der Waals surface area contributed by atoms with E-state index in [1.807, 2.05) is 6.07 Å². The maximum absolute atomic E-state index is 13.3. The molecule has 1 aromatic heterocycles. The topological polar surface area (TPSA) is 100 Å². The number of furan rings is 1. The van der Waals surface area contributed by atoms with Crippen molar-refractivity contribution in [2.75, 3.05) is 10.7 Å². The quantitative estimate of drug-likeness (QED) is 0.871. The smallest absolute Gasteiger partial charge is 0.177 e. The number of hydrogen-bond donors (Lipinski definition) is 1. The molecule has 4 rings (SSSR count). The van der Waals surface area contributed by atoms with Crippen LogP contribution in [0.1, 0.15) is 18.1 Å². The number of anilines is 1. The maximum atomic E-state index is 13.3. The average molecular weight is 371 g/mol. The van der Waals surface area contributed by atoms with Crippen LogP contribution >= 0.6 is 0 Å². The zero-order chi connectivity index (χ0) is 18.5. The van der Waals surface area contributed by atoms with Gasteiger partial charge in [-0.2, -0.15) is 5.26 Å². The molecular formula is C18H14FN3O3S. The zero-order valence-corrected chi connectivity index (χ0v) is 14.3. The Hall–Kier alpha value is -3.05. The number of halogens is 1. The molecule has 2 aliphatic heterocycles. The molecule has 0 unspecified atom stereocenters. The zero-order valence-electron chi connectivity index (χ0n) is 13.5. The summed E-state index contributed by atoms with van der Waals surface area (Å²) in [6.07, 6.45) is 1.68. The fraction of sp³-hybridized carbons (Fsp3) is 0.167. The first kappa shape index (κ1) is 16.4. The highest BCUT2D eigenvalue weighted by atomic mass is 32.2. The predicted molar refractivity (Wildman–Crippen MR) is 92.6 cm³/mol. The van der Waals surface area contributed by atoms with Gasteiger partial charge in [0.1, 0.15) is 17.4 Å². The van der Waals surface area contributed by atoms with E-state index in [4.69, 9.17) is 10.2 Å². The summed E-state index contributed by atoms with van der Waals surface area (Å²) < 4.78 is 44.2. The summed E-state index contributed by atoms with van der Waals surface area (Å²) in [5, 5.41) is 9.70. The number of benzene rings is 1. The van der Waals surface area contributed by atoms with Crippen molar-refractivity contribution in [2.24, 2.45) is 5.73 Å². The van der Waals surface area contributed by atoms with Crippen LogP contribution in [-0.2, 0) is 9.84 Å². The molecule has 0 amide bonds. The molecule has 0 fully saturated rings. The second-order valence-electron chi connectivity index (χ2n) is 6.05. The van der Waals surface area contributed by atoms with Crippen LogP contribution in [0, 0.1) is 17.1 Å². The van der Waals surface area contributed by atoms with Crippen molar-refractivity contribution < 1.29 is 17.2 Å². The van der Waals surface area contributed by atoms with Crippen molar-refractivity contribution >= 4 is 15.5 Å². The van der Waals surface area contributed by atoms with E-state index in [0.29, 0.717) is 17.1 Å². The normalized spacial score (nSPS) is 21.7. The summed E-state index contributed by atoms with van der Waals surface area (Å²) in [6.45, 7) is 0. The van der Waals surface area contributed by atoms with Crippen LogP contribution in [0.15, 0.2) is 69.1 Å². The van der Waals surface area contributed by atoms with Gasteiger partial charge >= 0.3 is 0 Å². The van der Waals surface area contributed by atoms with Gasteiger partial charge in [-0.25, -0.2) is 12.8 Å². The van der Waals surface area contributed by atoms with Crippen LogP contribution in [0.2, 0.25) is 0 Å². The molecule has 0 saturated heterocycles. The van der Waals surface area contributed by atoms with E-state index in [0.717, 1.165) is 0 Å². The first-order valence-corrected chi connectivity index (χ1v) is 9.54. The highest BCUT2D eigenvalue weighted by Crippen LogP contribution is 2.48. The first-order valence-electron chi connectivity index (χ1n) is 7.88. The number of nitriles is 1. The number of nitrogens with two attached hydrogens (primary N) is 1. The molecule has 26 heavy (non-hydrogen) atoms. The van der Waals surface area contributed by atoms with E-state index in [9.17, 15) is 18.1 Å². The second kappa shape index (κ2) is 5.75. The molecule has 2 aromatic rings. The largest absolute Gasteiger partial charge is 0.468 e. The third kappa shape index (κ3) is 2.32. The Morgan fingerprint density at radius 3 is 2.62 bits per heavy atom. The van der Waals surface area contributed by atoms with Crippen molar-refractivity contribution in [3.8, 4) is 6.07 Å². The minimum absolute atomic E-state index is 0.0709. The molecule has 0 spiro atoms. The van der Waals surface area contributed by atoms with Crippen molar-refractivity contribution in [1.29, 1.82) is 5.26 Å². The SMILES string of the molecule is N#CC1=C(N)N(c2ccc(F)cc2)C2=C([C@@H]1c1ccco1)S(=O)(=O)CC2. The Balaban J connectivity index is 1.99.